The second-order valence-corrected chi connectivity index (χ2v) is 7.67. The fourth-order valence-electron chi connectivity index (χ4n) is 3.17. The maximum atomic E-state index is 14.4. The van der Waals surface area contributed by atoms with E-state index in [1.54, 1.807) is 6.07 Å². The van der Waals surface area contributed by atoms with Crippen LogP contribution in [0, 0.1) is 40.8 Å². The second kappa shape index (κ2) is 11.5. The molecule has 0 unspecified atom stereocenters. The van der Waals surface area contributed by atoms with E-state index in [1.165, 1.54) is 12.1 Å². The number of ether oxygens (including phenoxy) is 2. The summed E-state index contributed by atoms with van der Waals surface area (Å²) in [4.78, 5) is 2.98. The van der Waals surface area contributed by atoms with Gasteiger partial charge in [0.15, 0.2) is 29.5 Å². The molecule has 0 amide bonds. The van der Waals surface area contributed by atoms with E-state index < -0.39 is 59.2 Å². The first kappa shape index (κ1) is 26.4. The van der Waals surface area contributed by atoms with Gasteiger partial charge in [0.2, 0.25) is 0 Å². The number of hydrogen-bond donors (Lipinski definition) is 0. The lowest BCUT2D eigenvalue weighted by Gasteiger charge is -2.27. The van der Waals surface area contributed by atoms with Crippen LogP contribution in [0.25, 0.3) is 11.1 Å². The van der Waals surface area contributed by atoms with Gasteiger partial charge in [-0.1, -0.05) is 19.1 Å². The minimum atomic E-state index is -1.65. The fourth-order valence-corrected chi connectivity index (χ4v) is 3.17. The van der Waals surface area contributed by atoms with Crippen molar-refractivity contribution in [2.24, 2.45) is 5.92 Å². The molecule has 0 saturated carbocycles. The Bertz CT molecular complexity index is 1130. The van der Waals surface area contributed by atoms with Gasteiger partial charge in [-0.2, -0.15) is 0 Å². The molecule has 0 aliphatic carbocycles. The molecule has 0 spiro atoms. The Kier molecular flexibility index (Phi) is 8.68. The van der Waals surface area contributed by atoms with Crippen molar-refractivity contribution in [3.8, 4) is 16.9 Å². The van der Waals surface area contributed by atoms with Crippen LogP contribution in [0.4, 0.5) is 35.3 Å². The molecule has 4 rings (SSSR count). The van der Waals surface area contributed by atoms with Gasteiger partial charge in [-0.3, -0.25) is 4.94 Å². The van der Waals surface area contributed by atoms with Crippen LogP contribution in [0.1, 0.15) is 24.3 Å². The standard InChI is InChI=1S/C18H16F4O2.C6H2F4O/c1-10-8-23-18(24-9-10)11-2-3-13(15(20)4-11)12-5-16(21)14(7-19)17(22)6-12;7-4-1-3(11-10)2-5(8)6(4)9/h2-6,10,18H,7-9H2,1H3;1-2H. The molecule has 3 aromatic rings. The average Bonchev–Trinajstić information content (AvgIpc) is 2.82. The summed E-state index contributed by atoms with van der Waals surface area (Å²) in [5, 5.41) is 0. The minimum Gasteiger partial charge on any atom is -0.348 e. The average molecular weight is 506 g/mol. The number of benzene rings is 3. The summed E-state index contributed by atoms with van der Waals surface area (Å²) in [6.45, 7) is 1.74. The summed E-state index contributed by atoms with van der Waals surface area (Å²) in [6, 6.07) is 6.85. The summed E-state index contributed by atoms with van der Waals surface area (Å²) in [6.07, 6.45) is -0.660. The van der Waals surface area contributed by atoms with Crippen LogP contribution in [0.3, 0.4) is 0 Å². The van der Waals surface area contributed by atoms with Crippen LogP contribution in [-0.4, -0.2) is 13.2 Å². The minimum absolute atomic E-state index is 0.00496. The molecule has 0 radical (unpaired) electrons. The Morgan fingerprint density at radius 3 is 1.86 bits per heavy atom. The lowest BCUT2D eigenvalue weighted by Crippen LogP contribution is -2.25. The van der Waals surface area contributed by atoms with Crippen molar-refractivity contribution in [3.63, 3.8) is 0 Å². The number of rotatable bonds is 4. The van der Waals surface area contributed by atoms with Crippen molar-refractivity contribution in [1.82, 2.24) is 0 Å². The maximum Gasteiger partial charge on any atom is 0.194 e. The zero-order chi connectivity index (χ0) is 25.7. The first-order chi connectivity index (χ1) is 16.6. The van der Waals surface area contributed by atoms with Crippen LogP contribution in [0.2, 0.25) is 0 Å². The molecule has 1 saturated heterocycles. The van der Waals surface area contributed by atoms with Crippen molar-refractivity contribution in [2.45, 2.75) is 19.9 Å². The largest absolute Gasteiger partial charge is 0.348 e. The Balaban J connectivity index is 0.000000261. The molecular formula is C24H18F8O3. The van der Waals surface area contributed by atoms with Crippen molar-refractivity contribution >= 4 is 0 Å². The first-order valence-corrected chi connectivity index (χ1v) is 10.1. The Labute approximate surface area is 194 Å². The number of hydrogen-bond acceptors (Lipinski definition) is 3. The van der Waals surface area contributed by atoms with E-state index in [2.05, 4.69) is 4.94 Å². The fraction of sp³-hybridized carbons (Fsp3) is 0.250. The highest BCUT2D eigenvalue weighted by molar-refractivity contribution is 5.65. The van der Waals surface area contributed by atoms with E-state index in [0.717, 1.165) is 12.1 Å². The highest BCUT2D eigenvalue weighted by atomic mass is 19.3. The summed E-state index contributed by atoms with van der Waals surface area (Å²) in [5.41, 5.74) is -0.144. The Morgan fingerprint density at radius 2 is 1.37 bits per heavy atom. The monoisotopic (exact) mass is 506 g/mol. The van der Waals surface area contributed by atoms with Gasteiger partial charge in [-0.15, -0.1) is 0 Å². The van der Waals surface area contributed by atoms with Crippen LogP contribution in [0.15, 0.2) is 42.5 Å². The molecule has 1 aliphatic rings. The SMILES string of the molecule is CC1COC(c2ccc(-c3cc(F)c(CF)c(F)c3)c(F)c2)OC1.FOc1cc(F)c(F)c(F)c1. The first-order valence-electron chi connectivity index (χ1n) is 10.1. The predicted octanol–water partition coefficient (Wildman–Crippen LogP) is 7.29. The normalized spacial score (nSPS) is 17.5. The van der Waals surface area contributed by atoms with E-state index in [1.807, 2.05) is 6.92 Å². The van der Waals surface area contributed by atoms with Crippen molar-refractivity contribution in [1.29, 1.82) is 0 Å². The van der Waals surface area contributed by atoms with Crippen LogP contribution in [-0.2, 0) is 16.1 Å². The molecule has 1 fully saturated rings. The summed E-state index contributed by atoms with van der Waals surface area (Å²) < 4.78 is 113. The predicted molar refractivity (Wildman–Crippen MR) is 108 cm³/mol. The Hall–Kier alpha value is -3.18. The van der Waals surface area contributed by atoms with Crippen LogP contribution < -0.4 is 4.94 Å². The molecule has 188 valence electrons. The molecule has 0 atom stereocenters. The molecule has 1 heterocycles. The molecular weight excluding hydrogens is 488 g/mol. The zero-order valence-corrected chi connectivity index (χ0v) is 18.1. The maximum absolute atomic E-state index is 14.4. The van der Waals surface area contributed by atoms with Gasteiger partial charge >= 0.3 is 0 Å². The molecule has 11 heteroatoms. The Morgan fingerprint density at radius 1 is 0.800 bits per heavy atom. The molecule has 0 bridgehead atoms. The molecule has 1 aliphatic heterocycles. The van der Waals surface area contributed by atoms with Gasteiger partial charge in [-0.05, 0) is 23.8 Å². The third-order valence-corrected chi connectivity index (χ3v) is 4.96. The summed E-state index contributed by atoms with van der Waals surface area (Å²) in [5.74, 6) is -7.80. The van der Waals surface area contributed by atoms with Gasteiger partial charge in [0, 0.05) is 33.7 Å². The van der Waals surface area contributed by atoms with Gasteiger partial charge < -0.3 is 9.47 Å². The number of alkyl halides is 1. The highest BCUT2D eigenvalue weighted by Crippen LogP contribution is 2.31. The molecule has 3 nitrogen and oxygen atoms in total. The van der Waals surface area contributed by atoms with Gasteiger partial charge in [0.25, 0.3) is 0 Å². The second-order valence-electron chi connectivity index (χ2n) is 7.67. The molecule has 0 aromatic heterocycles. The molecule has 35 heavy (non-hydrogen) atoms. The summed E-state index contributed by atoms with van der Waals surface area (Å²) in [7, 11) is 0. The third-order valence-electron chi connectivity index (χ3n) is 4.96. The lowest BCUT2D eigenvalue weighted by atomic mass is 10.0. The van der Waals surface area contributed by atoms with Crippen molar-refractivity contribution in [3.05, 3.63) is 88.5 Å². The van der Waals surface area contributed by atoms with E-state index in [0.29, 0.717) is 30.9 Å². The van der Waals surface area contributed by atoms with Gasteiger partial charge in [0.05, 0.1) is 18.8 Å². The quantitative estimate of drug-likeness (QED) is 0.275. The topological polar surface area (TPSA) is 27.7 Å². The highest BCUT2D eigenvalue weighted by Gasteiger charge is 2.22. The number of halogens is 8. The smallest absolute Gasteiger partial charge is 0.194 e. The van der Waals surface area contributed by atoms with E-state index in [4.69, 9.17) is 9.47 Å². The summed E-state index contributed by atoms with van der Waals surface area (Å²) >= 11 is 0. The van der Waals surface area contributed by atoms with Crippen LogP contribution in [0.5, 0.6) is 5.75 Å². The van der Waals surface area contributed by atoms with Crippen molar-refractivity contribution < 1.29 is 49.7 Å². The van der Waals surface area contributed by atoms with Gasteiger partial charge in [0.1, 0.15) is 24.1 Å². The zero-order valence-electron chi connectivity index (χ0n) is 18.1. The van der Waals surface area contributed by atoms with E-state index >= 15 is 0 Å². The lowest BCUT2D eigenvalue weighted by molar-refractivity contribution is -0.202. The third kappa shape index (κ3) is 6.29. The van der Waals surface area contributed by atoms with E-state index in [9.17, 15) is 35.3 Å². The van der Waals surface area contributed by atoms with Gasteiger partial charge in [-0.25, -0.2) is 30.7 Å². The molecule has 0 N–H and O–H groups in total. The van der Waals surface area contributed by atoms with Crippen molar-refractivity contribution in [2.75, 3.05) is 13.2 Å². The van der Waals surface area contributed by atoms with Crippen LogP contribution >= 0.6 is 0 Å². The molecule has 3 aromatic carbocycles. The van der Waals surface area contributed by atoms with E-state index in [-0.39, 0.29) is 17.0 Å².